The predicted octanol–water partition coefficient (Wildman–Crippen LogP) is 3.65. The van der Waals surface area contributed by atoms with Gasteiger partial charge in [0.2, 0.25) is 0 Å². The van der Waals surface area contributed by atoms with Crippen molar-refractivity contribution in [3.8, 4) is 11.5 Å². The molecule has 0 amide bonds. The Morgan fingerprint density at radius 3 is 2.48 bits per heavy atom. The van der Waals surface area contributed by atoms with E-state index in [4.69, 9.17) is 14.2 Å². The number of carbonyl (C=O) groups excluding carboxylic acids is 2. The number of benzene rings is 2. The summed E-state index contributed by atoms with van der Waals surface area (Å²) in [4.78, 5) is 24.4. The van der Waals surface area contributed by atoms with Gasteiger partial charge in [0, 0.05) is 23.6 Å². The minimum atomic E-state index is -0.524. The lowest BCUT2D eigenvalue weighted by molar-refractivity contribution is -0.136. The highest BCUT2D eigenvalue weighted by Crippen LogP contribution is 2.29. The molecule has 1 heterocycles. The largest absolute Gasteiger partial charge is 0.482 e. The van der Waals surface area contributed by atoms with E-state index in [-0.39, 0.29) is 6.61 Å². The molecule has 3 rings (SSSR count). The lowest BCUT2D eigenvalue weighted by Gasteiger charge is -2.07. The van der Waals surface area contributed by atoms with E-state index >= 15 is 0 Å². The number of ether oxygens (including phenoxy) is 3. The van der Waals surface area contributed by atoms with Gasteiger partial charge < -0.3 is 18.8 Å². The Labute approximate surface area is 157 Å². The monoisotopic (exact) mass is 367 g/mol. The fourth-order valence-electron chi connectivity index (χ4n) is 2.90. The van der Waals surface area contributed by atoms with Gasteiger partial charge in [0.15, 0.2) is 6.61 Å². The topological polar surface area (TPSA) is 66.8 Å². The lowest BCUT2D eigenvalue weighted by atomic mass is 10.1. The van der Waals surface area contributed by atoms with Gasteiger partial charge in [-0.15, -0.1) is 0 Å². The Hall–Kier alpha value is -3.28. The van der Waals surface area contributed by atoms with Crippen LogP contribution in [0.25, 0.3) is 10.9 Å². The van der Waals surface area contributed by atoms with Gasteiger partial charge >= 0.3 is 11.9 Å². The van der Waals surface area contributed by atoms with Crippen LogP contribution in [0.2, 0.25) is 0 Å². The number of hydrogen-bond donors (Lipinski definition) is 0. The van der Waals surface area contributed by atoms with Crippen molar-refractivity contribution in [2.45, 2.75) is 13.8 Å². The second kappa shape index (κ2) is 7.95. The van der Waals surface area contributed by atoms with Crippen molar-refractivity contribution in [2.24, 2.45) is 7.05 Å². The molecule has 0 aliphatic carbocycles. The van der Waals surface area contributed by atoms with E-state index in [9.17, 15) is 9.59 Å². The summed E-state index contributed by atoms with van der Waals surface area (Å²) in [6, 6.07) is 14.2. The van der Waals surface area contributed by atoms with E-state index in [1.807, 2.05) is 42.8 Å². The van der Waals surface area contributed by atoms with Gasteiger partial charge in [-0.2, -0.15) is 0 Å². The highest BCUT2D eigenvalue weighted by molar-refractivity contribution is 6.06. The van der Waals surface area contributed by atoms with Gasteiger partial charge in [0.05, 0.1) is 12.2 Å². The molecule has 27 heavy (non-hydrogen) atoms. The molecule has 6 heteroatoms. The fraction of sp³-hybridized carbons (Fsp3) is 0.238. The summed E-state index contributed by atoms with van der Waals surface area (Å²) in [5, 5.41) is 0.683. The van der Waals surface area contributed by atoms with E-state index in [0.29, 0.717) is 29.1 Å². The molecule has 0 saturated carbocycles. The summed E-state index contributed by atoms with van der Waals surface area (Å²) in [5.74, 6) is 0.0218. The molecule has 0 spiro atoms. The maximum Gasteiger partial charge on any atom is 0.349 e. The van der Waals surface area contributed by atoms with E-state index in [1.165, 1.54) is 0 Å². The molecule has 0 fully saturated rings. The first-order valence-corrected chi connectivity index (χ1v) is 8.66. The van der Waals surface area contributed by atoms with Gasteiger partial charge in [-0.1, -0.05) is 18.2 Å². The van der Waals surface area contributed by atoms with E-state index in [2.05, 4.69) is 0 Å². The summed E-state index contributed by atoms with van der Waals surface area (Å²) in [6.07, 6.45) is 0. The third kappa shape index (κ3) is 3.95. The third-order valence-corrected chi connectivity index (χ3v) is 4.27. The number of rotatable bonds is 6. The minimum absolute atomic E-state index is 0.208. The zero-order valence-corrected chi connectivity index (χ0v) is 15.5. The van der Waals surface area contributed by atoms with Crippen LogP contribution in [0.15, 0.2) is 48.5 Å². The molecule has 0 radical (unpaired) electrons. The number of para-hydroxylation sites is 1. The maximum absolute atomic E-state index is 12.3. The standard InChI is InChI=1S/C21H21NO5/c1-4-25-21(24)20-14(2)22(3)18-11-10-16(12-17(18)20)27-19(23)13-26-15-8-6-5-7-9-15/h5-12H,4,13H2,1-3H3. The first kappa shape index (κ1) is 18.5. The normalized spacial score (nSPS) is 10.6. The van der Waals surface area contributed by atoms with Gasteiger partial charge in [0.1, 0.15) is 11.5 Å². The van der Waals surface area contributed by atoms with Crippen LogP contribution in [-0.2, 0) is 16.6 Å². The van der Waals surface area contributed by atoms with Crippen LogP contribution in [0.5, 0.6) is 11.5 Å². The van der Waals surface area contributed by atoms with Crippen molar-refractivity contribution >= 4 is 22.8 Å². The molecule has 0 aliphatic heterocycles. The van der Waals surface area contributed by atoms with Crippen molar-refractivity contribution in [2.75, 3.05) is 13.2 Å². The number of hydrogen-bond acceptors (Lipinski definition) is 5. The van der Waals surface area contributed by atoms with Crippen molar-refractivity contribution in [3.05, 3.63) is 59.8 Å². The Balaban J connectivity index is 1.80. The highest BCUT2D eigenvalue weighted by Gasteiger charge is 2.20. The quantitative estimate of drug-likeness (QED) is 0.491. The minimum Gasteiger partial charge on any atom is -0.482 e. The maximum atomic E-state index is 12.3. The van der Waals surface area contributed by atoms with E-state index in [0.717, 1.165) is 11.2 Å². The zero-order chi connectivity index (χ0) is 19.4. The van der Waals surface area contributed by atoms with Crippen molar-refractivity contribution in [3.63, 3.8) is 0 Å². The third-order valence-electron chi connectivity index (χ3n) is 4.27. The van der Waals surface area contributed by atoms with E-state index < -0.39 is 11.9 Å². The molecule has 0 atom stereocenters. The van der Waals surface area contributed by atoms with Crippen LogP contribution in [0, 0.1) is 6.92 Å². The summed E-state index contributed by atoms with van der Waals surface area (Å²) < 4.78 is 17.8. The molecule has 6 nitrogen and oxygen atoms in total. The molecule has 0 unspecified atom stereocenters. The van der Waals surface area contributed by atoms with Crippen LogP contribution < -0.4 is 9.47 Å². The van der Waals surface area contributed by atoms with Crippen LogP contribution in [0.4, 0.5) is 0 Å². The first-order chi connectivity index (χ1) is 13.0. The van der Waals surface area contributed by atoms with Gasteiger partial charge in [-0.3, -0.25) is 0 Å². The molecular formula is C21H21NO5. The van der Waals surface area contributed by atoms with Gasteiger partial charge in [0.25, 0.3) is 0 Å². The second-order valence-electron chi connectivity index (χ2n) is 5.99. The van der Waals surface area contributed by atoms with Crippen LogP contribution in [-0.4, -0.2) is 29.7 Å². The first-order valence-electron chi connectivity index (χ1n) is 8.66. The summed E-state index contributed by atoms with van der Waals surface area (Å²) in [5.41, 5.74) is 2.13. The average molecular weight is 367 g/mol. The number of nitrogens with zero attached hydrogens (tertiary/aromatic N) is 1. The Morgan fingerprint density at radius 1 is 1.04 bits per heavy atom. The molecule has 0 N–H and O–H groups in total. The summed E-state index contributed by atoms with van der Waals surface area (Å²) in [6.45, 7) is 3.70. The number of fused-ring (bicyclic) bond motifs is 1. The number of aryl methyl sites for hydroxylation is 1. The van der Waals surface area contributed by atoms with Crippen molar-refractivity contribution < 1.29 is 23.8 Å². The second-order valence-corrected chi connectivity index (χ2v) is 5.99. The Kier molecular flexibility index (Phi) is 5.45. The van der Waals surface area contributed by atoms with E-state index in [1.54, 1.807) is 31.2 Å². The van der Waals surface area contributed by atoms with Crippen LogP contribution in [0.1, 0.15) is 23.0 Å². The Morgan fingerprint density at radius 2 is 1.78 bits per heavy atom. The number of carbonyl (C=O) groups is 2. The average Bonchev–Trinajstić information content (AvgIpc) is 2.91. The number of aromatic nitrogens is 1. The highest BCUT2D eigenvalue weighted by atomic mass is 16.6. The summed E-state index contributed by atoms with van der Waals surface area (Å²) in [7, 11) is 1.87. The smallest absolute Gasteiger partial charge is 0.349 e. The molecule has 0 saturated heterocycles. The SMILES string of the molecule is CCOC(=O)c1c(C)n(C)c2ccc(OC(=O)COc3ccccc3)cc12. The Bertz CT molecular complexity index is 975. The lowest BCUT2D eigenvalue weighted by Crippen LogP contribution is -2.17. The molecule has 0 aliphatic rings. The summed E-state index contributed by atoms with van der Waals surface area (Å²) >= 11 is 0. The zero-order valence-electron chi connectivity index (χ0n) is 15.5. The predicted molar refractivity (Wildman–Crippen MR) is 101 cm³/mol. The van der Waals surface area contributed by atoms with Gasteiger partial charge in [-0.05, 0) is 44.2 Å². The van der Waals surface area contributed by atoms with Crippen LogP contribution >= 0.6 is 0 Å². The van der Waals surface area contributed by atoms with Crippen LogP contribution in [0.3, 0.4) is 0 Å². The molecular weight excluding hydrogens is 346 g/mol. The molecule has 3 aromatic rings. The van der Waals surface area contributed by atoms with Crippen molar-refractivity contribution in [1.82, 2.24) is 4.57 Å². The number of esters is 2. The fourth-order valence-corrected chi connectivity index (χ4v) is 2.90. The van der Waals surface area contributed by atoms with Gasteiger partial charge in [-0.25, -0.2) is 9.59 Å². The molecule has 1 aromatic heterocycles. The molecule has 140 valence electrons. The van der Waals surface area contributed by atoms with Crippen molar-refractivity contribution in [1.29, 1.82) is 0 Å². The molecule has 0 bridgehead atoms. The molecule has 2 aromatic carbocycles.